The summed E-state index contributed by atoms with van der Waals surface area (Å²) in [5.41, 5.74) is 1.79. The Morgan fingerprint density at radius 2 is 1.80 bits per heavy atom. The molecule has 2 aromatic rings. The number of carboxylic acids is 1. The van der Waals surface area contributed by atoms with E-state index in [0.29, 0.717) is 5.56 Å². The molecule has 2 unspecified atom stereocenters. The molecule has 0 heterocycles. The number of hydrogen-bond acceptors (Lipinski definition) is 3. The number of carboxylic acid groups (broad SMARTS) is 1. The first-order valence-corrected chi connectivity index (χ1v) is 9.36. The van der Waals surface area contributed by atoms with E-state index in [1.165, 1.54) is 12.1 Å². The predicted molar refractivity (Wildman–Crippen MR) is 97.1 cm³/mol. The highest BCUT2D eigenvalue weighted by Gasteiger charge is 2.18. The van der Waals surface area contributed by atoms with Gasteiger partial charge < -0.3 is 10.0 Å². The molecule has 25 heavy (non-hydrogen) atoms. The highest BCUT2D eigenvalue weighted by molar-refractivity contribution is 7.84. The lowest BCUT2D eigenvalue weighted by Gasteiger charge is -2.25. The van der Waals surface area contributed by atoms with Crippen LogP contribution in [0.1, 0.15) is 34.5 Å². The molecule has 2 atom stereocenters. The molecule has 2 rings (SSSR count). The van der Waals surface area contributed by atoms with Gasteiger partial charge in [-0.15, -0.1) is 0 Å². The Hall–Kier alpha value is -2.47. The zero-order chi connectivity index (χ0) is 18.6. The molecule has 6 heteroatoms. The van der Waals surface area contributed by atoms with Crippen LogP contribution in [0.3, 0.4) is 0 Å². The molecule has 0 fully saturated rings. The number of rotatable bonds is 6. The van der Waals surface area contributed by atoms with E-state index in [1.807, 2.05) is 19.1 Å². The van der Waals surface area contributed by atoms with Crippen molar-refractivity contribution in [1.29, 1.82) is 0 Å². The Labute approximate surface area is 149 Å². The molecule has 0 aromatic heterocycles. The average Bonchev–Trinajstić information content (AvgIpc) is 2.60. The van der Waals surface area contributed by atoms with Crippen LogP contribution in [0, 0.1) is 0 Å². The third kappa shape index (κ3) is 4.76. The highest BCUT2D eigenvalue weighted by Crippen LogP contribution is 2.21. The van der Waals surface area contributed by atoms with Crippen molar-refractivity contribution in [2.24, 2.45) is 0 Å². The van der Waals surface area contributed by atoms with Crippen molar-refractivity contribution in [3.05, 3.63) is 65.2 Å². The summed E-state index contributed by atoms with van der Waals surface area (Å²) in [5, 5.41) is 9.03. The summed E-state index contributed by atoms with van der Waals surface area (Å²) in [6.45, 7) is 1.92. The van der Waals surface area contributed by atoms with E-state index in [2.05, 4.69) is 0 Å². The zero-order valence-corrected chi connectivity index (χ0v) is 15.2. The second kappa shape index (κ2) is 8.07. The molecule has 2 aromatic carbocycles. The van der Waals surface area contributed by atoms with E-state index in [9.17, 15) is 13.8 Å². The van der Waals surface area contributed by atoms with Crippen LogP contribution in [-0.4, -0.2) is 39.4 Å². The van der Waals surface area contributed by atoms with Gasteiger partial charge in [0.15, 0.2) is 0 Å². The molecule has 1 N–H and O–H groups in total. The molecule has 5 nitrogen and oxygen atoms in total. The third-order valence-corrected chi connectivity index (χ3v) is 5.13. The minimum atomic E-state index is -1.03. The second-order valence-electron chi connectivity index (χ2n) is 5.89. The van der Waals surface area contributed by atoms with Gasteiger partial charge in [0.25, 0.3) is 0 Å². The molecule has 0 spiro atoms. The van der Waals surface area contributed by atoms with Crippen molar-refractivity contribution in [2.75, 3.05) is 13.3 Å². The normalized spacial score (nSPS) is 13.1. The maximum absolute atomic E-state index is 12.5. The fourth-order valence-electron chi connectivity index (χ4n) is 2.49. The number of likely N-dealkylation sites (N-methyl/N-ethyl adjacent to an activating group) is 1. The number of carbonyl (C=O) groups excluding carboxylic acids is 1. The molecular formula is C19H21NO4S. The quantitative estimate of drug-likeness (QED) is 0.861. The van der Waals surface area contributed by atoms with Crippen molar-refractivity contribution in [3.8, 4) is 0 Å². The molecule has 0 radical (unpaired) electrons. The van der Waals surface area contributed by atoms with Gasteiger partial charge in [-0.25, -0.2) is 4.79 Å². The van der Waals surface area contributed by atoms with Gasteiger partial charge in [0, 0.05) is 29.0 Å². The molecule has 0 aliphatic carbocycles. The van der Waals surface area contributed by atoms with Crippen molar-refractivity contribution in [1.82, 2.24) is 4.90 Å². The van der Waals surface area contributed by atoms with Crippen LogP contribution in [0.2, 0.25) is 0 Å². The van der Waals surface area contributed by atoms with Gasteiger partial charge in [0.05, 0.1) is 18.0 Å². The number of hydrogen-bond donors (Lipinski definition) is 1. The van der Waals surface area contributed by atoms with E-state index in [-0.39, 0.29) is 23.9 Å². The molecule has 132 valence electrons. The van der Waals surface area contributed by atoms with Crippen LogP contribution >= 0.6 is 0 Å². The molecular weight excluding hydrogens is 338 g/mol. The highest BCUT2D eigenvalue weighted by atomic mass is 32.2. The number of amides is 1. The summed E-state index contributed by atoms with van der Waals surface area (Å²) < 4.78 is 11.5. The van der Waals surface area contributed by atoms with Crippen LogP contribution < -0.4 is 0 Å². The summed E-state index contributed by atoms with van der Waals surface area (Å²) >= 11 is 0. The Balaban J connectivity index is 2.09. The van der Waals surface area contributed by atoms with Crippen LogP contribution in [0.5, 0.6) is 0 Å². The van der Waals surface area contributed by atoms with Gasteiger partial charge in [-0.05, 0) is 42.3 Å². The summed E-state index contributed by atoms with van der Waals surface area (Å²) in [6, 6.07) is 13.6. The predicted octanol–water partition coefficient (Wildman–Crippen LogP) is 2.88. The van der Waals surface area contributed by atoms with Crippen LogP contribution in [0.25, 0.3) is 0 Å². The van der Waals surface area contributed by atoms with Crippen molar-refractivity contribution < 1.29 is 18.9 Å². The fraction of sp³-hybridized carbons (Fsp3) is 0.263. The van der Waals surface area contributed by atoms with Crippen LogP contribution in [0.4, 0.5) is 0 Å². The maximum atomic E-state index is 12.5. The van der Waals surface area contributed by atoms with Gasteiger partial charge in [0.2, 0.25) is 5.91 Å². The first-order chi connectivity index (χ1) is 11.8. The van der Waals surface area contributed by atoms with Gasteiger partial charge in [-0.3, -0.25) is 9.00 Å². The maximum Gasteiger partial charge on any atom is 0.335 e. The number of benzene rings is 2. The van der Waals surface area contributed by atoms with Crippen molar-refractivity contribution in [2.45, 2.75) is 24.3 Å². The van der Waals surface area contributed by atoms with Crippen molar-refractivity contribution in [3.63, 3.8) is 0 Å². The van der Waals surface area contributed by atoms with Gasteiger partial charge in [0.1, 0.15) is 0 Å². The standard InChI is InChI=1S/C19H21NO4S/c1-13(15-7-9-17(10-8-15)25(3)24)20(2)18(21)12-14-5-4-6-16(11-14)19(22)23/h4-11,13H,12H2,1-3H3,(H,22,23). The Kier molecular flexibility index (Phi) is 6.09. The molecule has 0 aliphatic heterocycles. The lowest BCUT2D eigenvalue weighted by molar-refractivity contribution is -0.131. The summed E-state index contributed by atoms with van der Waals surface area (Å²) in [4.78, 5) is 25.9. The minimum Gasteiger partial charge on any atom is -0.478 e. The van der Waals surface area contributed by atoms with E-state index >= 15 is 0 Å². The lowest BCUT2D eigenvalue weighted by Crippen LogP contribution is -2.31. The average molecular weight is 359 g/mol. The van der Waals surface area contributed by atoms with E-state index < -0.39 is 16.8 Å². The zero-order valence-electron chi connectivity index (χ0n) is 14.4. The minimum absolute atomic E-state index is 0.0989. The molecule has 0 bridgehead atoms. The summed E-state index contributed by atoms with van der Waals surface area (Å²) in [5.74, 6) is -1.11. The van der Waals surface area contributed by atoms with Crippen LogP contribution in [0.15, 0.2) is 53.4 Å². The van der Waals surface area contributed by atoms with E-state index in [4.69, 9.17) is 5.11 Å². The van der Waals surface area contributed by atoms with Gasteiger partial charge in [-0.2, -0.15) is 0 Å². The number of carbonyl (C=O) groups is 2. The monoisotopic (exact) mass is 359 g/mol. The Morgan fingerprint density at radius 3 is 2.36 bits per heavy atom. The Morgan fingerprint density at radius 1 is 1.16 bits per heavy atom. The van der Waals surface area contributed by atoms with Gasteiger partial charge >= 0.3 is 5.97 Å². The Bertz CT molecular complexity index is 801. The summed E-state index contributed by atoms with van der Waals surface area (Å²) in [7, 11) is 0.691. The topological polar surface area (TPSA) is 74.7 Å². The fourth-order valence-corrected chi connectivity index (χ4v) is 3.01. The lowest BCUT2D eigenvalue weighted by atomic mass is 10.0. The molecule has 0 saturated carbocycles. The summed E-state index contributed by atoms with van der Waals surface area (Å²) in [6.07, 6.45) is 1.76. The first kappa shape index (κ1) is 18.9. The third-order valence-electron chi connectivity index (χ3n) is 4.20. The van der Waals surface area contributed by atoms with E-state index in [1.54, 1.807) is 42.5 Å². The SMILES string of the molecule is CC(c1ccc(S(C)=O)cc1)N(C)C(=O)Cc1cccc(C(=O)O)c1. The molecule has 0 aliphatic rings. The van der Waals surface area contributed by atoms with E-state index in [0.717, 1.165) is 10.5 Å². The van der Waals surface area contributed by atoms with Crippen LogP contribution in [-0.2, 0) is 22.0 Å². The number of aromatic carboxylic acids is 1. The molecule has 1 amide bonds. The van der Waals surface area contributed by atoms with Gasteiger partial charge in [-0.1, -0.05) is 24.3 Å². The van der Waals surface area contributed by atoms with Crippen molar-refractivity contribution >= 4 is 22.7 Å². The first-order valence-electron chi connectivity index (χ1n) is 7.81. The smallest absolute Gasteiger partial charge is 0.335 e. The molecule has 0 saturated heterocycles. The second-order valence-corrected chi connectivity index (χ2v) is 7.27. The largest absolute Gasteiger partial charge is 0.478 e. The number of nitrogens with zero attached hydrogens (tertiary/aromatic N) is 1.